The predicted molar refractivity (Wildman–Crippen MR) is 79.3 cm³/mol. The smallest absolute Gasteiger partial charge is 0.220 e. The van der Waals surface area contributed by atoms with Crippen LogP contribution in [0.25, 0.3) is 0 Å². The van der Waals surface area contributed by atoms with E-state index in [1.807, 2.05) is 13.8 Å². The third-order valence-electron chi connectivity index (χ3n) is 2.46. The van der Waals surface area contributed by atoms with Gasteiger partial charge in [-0.2, -0.15) is 0 Å². The summed E-state index contributed by atoms with van der Waals surface area (Å²) < 4.78 is 0. The first kappa shape index (κ1) is 18.8. The van der Waals surface area contributed by atoms with Crippen molar-refractivity contribution in [1.82, 2.24) is 5.32 Å². The molecule has 0 aliphatic heterocycles. The molecule has 0 unspecified atom stereocenters. The van der Waals surface area contributed by atoms with Crippen LogP contribution in [0.15, 0.2) is 0 Å². The van der Waals surface area contributed by atoms with E-state index in [0.29, 0.717) is 12.3 Å². The Kier molecular flexibility index (Phi) is 17.1. The lowest BCUT2D eigenvalue weighted by atomic mass is 10.1. The van der Waals surface area contributed by atoms with Gasteiger partial charge in [0.2, 0.25) is 5.91 Å². The fourth-order valence-corrected chi connectivity index (χ4v) is 1.47. The van der Waals surface area contributed by atoms with Gasteiger partial charge < -0.3 is 5.32 Å². The maximum absolute atomic E-state index is 11.3. The summed E-state index contributed by atoms with van der Waals surface area (Å²) >= 11 is 0. The second-order valence-corrected chi connectivity index (χ2v) is 4.72. The Morgan fingerprint density at radius 2 is 1.59 bits per heavy atom. The molecule has 2 heteroatoms. The van der Waals surface area contributed by atoms with Crippen LogP contribution in [0, 0.1) is 5.92 Å². The largest absolute Gasteiger partial charge is 0.356 e. The van der Waals surface area contributed by atoms with E-state index in [1.165, 1.54) is 32.1 Å². The van der Waals surface area contributed by atoms with Crippen LogP contribution in [0.1, 0.15) is 81.0 Å². The van der Waals surface area contributed by atoms with Crippen LogP contribution in [0.3, 0.4) is 0 Å². The van der Waals surface area contributed by atoms with Crippen molar-refractivity contribution in [3.05, 3.63) is 0 Å². The lowest BCUT2D eigenvalue weighted by Crippen LogP contribution is -2.26. The van der Waals surface area contributed by atoms with Crippen molar-refractivity contribution in [2.45, 2.75) is 79.6 Å². The monoisotopic (exact) mass is 245 g/mol. The first-order valence-corrected chi connectivity index (χ1v) is 7.43. The summed E-state index contributed by atoms with van der Waals surface area (Å²) in [6.45, 7) is 11.3. The molecule has 0 fully saturated rings. The van der Waals surface area contributed by atoms with E-state index < -0.39 is 0 Å². The zero-order chi connectivity index (χ0) is 13.5. The number of hydrogen-bond donors (Lipinski definition) is 1. The van der Waals surface area contributed by atoms with Crippen LogP contribution >= 0.6 is 0 Å². The molecule has 17 heavy (non-hydrogen) atoms. The number of hydrogen-bond acceptors (Lipinski definition) is 1. The first-order valence-electron chi connectivity index (χ1n) is 7.43. The molecule has 0 spiro atoms. The van der Waals surface area contributed by atoms with Crippen molar-refractivity contribution in [1.29, 1.82) is 0 Å². The molecule has 106 valence electrons. The van der Waals surface area contributed by atoms with Gasteiger partial charge in [-0.25, -0.2) is 0 Å². The van der Waals surface area contributed by atoms with Crippen LogP contribution < -0.4 is 5.32 Å². The number of rotatable bonds is 9. The molecule has 0 saturated heterocycles. The lowest BCUT2D eigenvalue weighted by Gasteiger charge is -2.07. The van der Waals surface area contributed by atoms with Crippen LogP contribution in [0.4, 0.5) is 0 Å². The van der Waals surface area contributed by atoms with Gasteiger partial charge in [-0.05, 0) is 12.3 Å². The van der Waals surface area contributed by atoms with Crippen LogP contribution in [-0.4, -0.2) is 12.5 Å². The molecular weight excluding hydrogens is 210 g/mol. The predicted octanol–water partition coefficient (Wildman–Crippen LogP) is 4.78. The highest BCUT2D eigenvalue weighted by Crippen LogP contribution is 2.06. The summed E-state index contributed by atoms with van der Waals surface area (Å²) in [6, 6.07) is 0. The first-order chi connectivity index (χ1) is 8.16. The average Bonchev–Trinajstić information content (AvgIpc) is 2.33. The Labute approximate surface area is 110 Å². The van der Waals surface area contributed by atoms with Gasteiger partial charge in [0.1, 0.15) is 0 Å². The van der Waals surface area contributed by atoms with Gasteiger partial charge in [-0.3, -0.25) is 4.79 Å². The molecule has 1 amide bonds. The number of nitrogens with one attached hydrogen (secondary N) is 1. The second-order valence-electron chi connectivity index (χ2n) is 4.72. The topological polar surface area (TPSA) is 29.1 Å². The Morgan fingerprint density at radius 3 is 2.12 bits per heavy atom. The zero-order valence-electron chi connectivity index (χ0n) is 12.6. The summed E-state index contributed by atoms with van der Waals surface area (Å²) in [5.74, 6) is 0.776. The molecule has 0 heterocycles. The summed E-state index contributed by atoms with van der Waals surface area (Å²) in [4.78, 5) is 11.3. The Hall–Kier alpha value is -0.530. The van der Waals surface area contributed by atoms with Crippen LogP contribution in [-0.2, 0) is 4.79 Å². The van der Waals surface area contributed by atoms with E-state index in [1.54, 1.807) is 0 Å². The molecule has 0 atom stereocenters. The van der Waals surface area contributed by atoms with Gasteiger partial charge in [-0.15, -0.1) is 0 Å². The summed E-state index contributed by atoms with van der Waals surface area (Å²) in [6.07, 6.45) is 8.19. The molecule has 0 aromatic rings. The lowest BCUT2D eigenvalue weighted by molar-refractivity contribution is -0.121. The Balaban J connectivity index is -0.000000709. The maximum atomic E-state index is 11.3. The van der Waals surface area contributed by atoms with E-state index in [9.17, 15) is 4.79 Å². The highest BCUT2D eigenvalue weighted by Gasteiger charge is 2.01. The van der Waals surface area contributed by atoms with E-state index in [2.05, 4.69) is 26.1 Å². The third-order valence-corrected chi connectivity index (χ3v) is 2.46. The van der Waals surface area contributed by atoms with Crippen molar-refractivity contribution in [3.63, 3.8) is 0 Å². The van der Waals surface area contributed by atoms with Gasteiger partial charge in [0, 0.05) is 14.4 Å². The third kappa shape index (κ3) is 18.1. The van der Waals surface area contributed by atoms with E-state index >= 15 is 0 Å². The minimum Gasteiger partial charge on any atom is -0.356 e. The average molecular weight is 245 g/mol. The number of amides is 1. The Bertz CT molecular complexity index is 161. The van der Waals surface area contributed by atoms with E-state index in [0.717, 1.165) is 13.0 Å². The summed E-state index contributed by atoms with van der Waals surface area (Å²) in [7, 11) is 0. The van der Waals surface area contributed by atoms with Gasteiger partial charge in [0.25, 0.3) is 0 Å². The molecule has 0 aromatic carbocycles. The zero-order valence-corrected chi connectivity index (χ0v) is 12.6. The van der Waals surface area contributed by atoms with Gasteiger partial charge in [0.15, 0.2) is 0 Å². The standard InChI is InChI=1S/C13H27NO.C2H6.H2/c1-4-5-6-7-8-9-10-13(15)14-11-12(2)3;1-2;/h12H,4-11H2,1-3H3,(H,14,15);1-2H3;1H. The van der Waals surface area contributed by atoms with Crippen LogP contribution in [0.2, 0.25) is 0 Å². The molecule has 0 aliphatic carbocycles. The maximum Gasteiger partial charge on any atom is 0.220 e. The highest BCUT2D eigenvalue weighted by atomic mass is 16.1. The molecule has 2 nitrogen and oxygen atoms in total. The SMILES string of the molecule is CC.CCCCCCCCC(=O)NCC(C)C.[HH]. The molecule has 0 aromatic heterocycles. The van der Waals surface area contributed by atoms with E-state index in [4.69, 9.17) is 0 Å². The van der Waals surface area contributed by atoms with Crippen molar-refractivity contribution in [2.24, 2.45) is 5.92 Å². The number of carbonyl (C=O) groups excluding carboxylic acids is 1. The summed E-state index contributed by atoms with van der Waals surface area (Å²) in [5, 5.41) is 2.95. The molecule has 0 bridgehead atoms. The number of carbonyl (C=O) groups is 1. The second kappa shape index (κ2) is 15.5. The molecule has 0 saturated carbocycles. The van der Waals surface area contributed by atoms with Gasteiger partial charge in [-0.1, -0.05) is 66.7 Å². The van der Waals surface area contributed by atoms with Crippen LogP contribution in [0.5, 0.6) is 0 Å². The molecule has 0 radical (unpaired) electrons. The van der Waals surface area contributed by atoms with Gasteiger partial charge in [0.05, 0.1) is 0 Å². The number of unbranched alkanes of at least 4 members (excludes halogenated alkanes) is 5. The molecule has 1 N–H and O–H groups in total. The quantitative estimate of drug-likeness (QED) is 0.582. The minimum atomic E-state index is 0. The highest BCUT2D eigenvalue weighted by molar-refractivity contribution is 5.75. The minimum absolute atomic E-state index is 0. The van der Waals surface area contributed by atoms with Crippen molar-refractivity contribution < 1.29 is 6.22 Å². The summed E-state index contributed by atoms with van der Waals surface area (Å²) in [5.41, 5.74) is 0. The fourth-order valence-electron chi connectivity index (χ4n) is 1.47. The molecule has 0 aliphatic rings. The Morgan fingerprint density at radius 1 is 1.06 bits per heavy atom. The van der Waals surface area contributed by atoms with Crippen molar-refractivity contribution >= 4 is 5.91 Å². The molecular formula is C15H35NO. The normalized spacial score (nSPS) is 9.76. The van der Waals surface area contributed by atoms with Crippen molar-refractivity contribution in [2.75, 3.05) is 6.54 Å². The van der Waals surface area contributed by atoms with Crippen molar-refractivity contribution in [3.8, 4) is 0 Å². The van der Waals surface area contributed by atoms with Gasteiger partial charge >= 0.3 is 0 Å². The fraction of sp³-hybridized carbons (Fsp3) is 0.933. The van der Waals surface area contributed by atoms with E-state index in [-0.39, 0.29) is 7.33 Å². The molecule has 0 rings (SSSR count).